The Morgan fingerprint density at radius 3 is 2.47 bits per heavy atom. The number of carbonyl (C=O) groups excluding carboxylic acids is 2. The molecule has 1 saturated heterocycles. The van der Waals surface area contributed by atoms with Crippen LogP contribution >= 0.6 is 15.9 Å². The number of aromatic amines is 1. The number of hydrogen-bond acceptors (Lipinski definition) is 5. The minimum atomic E-state index is -0.353. The number of piperidine rings is 1. The molecule has 1 saturated carbocycles. The van der Waals surface area contributed by atoms with Crippen LogP contribution in [0.3, 0.4) is 0 Å². The molecule has 0 atom stereocenters. The second kappa shape index (κ2) is 11.4. The van der Waals surface area contributed by atoms with Gasteiger partial charge in [-0.1, -0.05) is 28.8 Å². The van der Waals surface area contributed by atoms with Crippen LogP contribution in [-0.2, 0) is 11.3 Å². The van der Waals surface area contributed by atoms with E-state index < -0.39 is 0 Å². The van der Waals surface area contributed by atoms with Crippen LogP contribution in [0.2, 0.25) is 0 Å². The van der Waals surface area contributed by atoms with Crippen LogP contribution in [0, 0.1) is 25.2 Å². The largest absolute Gasteiger partial charge is 0.382 e. The van der Waals surface area contributed by atoms with E-state index in [0.29, 0.717) is 28.3 Å². The van der Waals surface area contributed by atoms with Gasteiger partial charge in [-0.15, -0.1) is 0 Å². The Morgan fingerprint density at radius 1 is 1.14 bits per heavy atom. The SMILES string of the molecule is Cc1cc(C)c(CNC(=O)c2cc(Br)cc(NC3CCN(C(=O)C4CCCC4)CC3)c2C=N)c(=O)[nH]1. The maximum Gasteiger partial charge on any atom is 0.253 e. The van der Waals surface area contributed by atoms with Crippen molar-refractivity contribution in [1.29, 1.82) is 5.41 Å². The number of H-pyrrole nitrogens is 1. The number of anilines is 1. The number of halogens is 1. The normalized spacial score (nSPS) is 16.7. The van der Waals surface area contributed by atoms with Gasteiger partial charge >= 0.3 is 0 Å². The Hall–Kier alpha value is -2.94. The highest BCUT2D eigenvalue weighted by Gasteiger charge is 2.30. The monoisotopic (exact) mass is 555 g/mol. The molecule has 4 N–H and O–H groups in total. The first-order valence-electron chi connectivity index (χ1n) is 12.6. The highest BCUT2D eigenvalue weighted by atomic mass is 79.9. The maximum absolute atomic E-state index is 13.1. The lowest BCUT2D eigenvalue weighted by Gasteiger charge is -2.34. The highest BCUT2D eigenvalue weighted by molar-refractivity contribution is 9.10. The summed E-state index contributed by atoms with van der Waals surface area (Å²) < 4.78 is 0.721. The van der Waals surface area contributed by atoms with Crippen molar-refractivity contribution in [3.8, 4) is 0 Å². The van der Waals surface area contributed by atoms with Gasteiger partial charge in [-0.2, -0.15) is 0 Å². The van der Waals surface area contributed by atoms with Crippen molar-refractivity contribution in [3.63, 3.8) is 0 Å². The number of pyridine rings is 1. The molecule has 0 bridgehead atoms. The van der Waals surface area contributed by atoms with Crippen LogP contribution in [0.5, 0.6) is 0 Å². The fourth-order valence-corrected chi connectivity index (χ4v) is 5.80. The molecule has 1 aromatic carbocycles. The van der Waals surface area contributed by atoms with Crippen LogP contribution in [0.15, 0.2) is 27.5 Å². The number of nitrogens with one attached hydrogen (secondary N) is 4. The molecule has 0 radical (unpaired) electrons. The number of aromatic nitrogens is 1. The molecule has 0 spiro atoms. The Kier molecular flexibility index (Phi) is 8.28. The third-order valence-electron chi connectivity index (χ3n) is 7.32. The van der Waals surface area contributed by atoms with Crippen LogP contribution in [0.4, 0.5) is 5.69 Å². The number of benzene rings is 1. The number of hydrogen-bond donors (Lipinski definition) is 4. The molecule has 1 aromatic heterocycles. The molecule has 0 unspecified atom stereocenters. The fourth-order valence-electron chi connectivity index (χ4n) is 5.34. The molecular formula is C27H34BrN5O3. The van der Waals surface area contributed by atoms with Gasteiger partial charge in [0.25, 0.3) is 11.5 Å². The average molecular weight is 557 g/mol. The number of likely N-dealkylation sites (tertiary alicyclic amines) is 1. The zero-order valence-corrected chi connectivity index (χ0v) is 22.5. The molecule has 1 aliphatic carbocycles. The molecule has 8 nitrogen and oxygen atoms in total. The molecule has 2 amide bonds. The second-order valence-corrected chi connectivity index (χ2v) is 10.8. The smallest absolute Gasteiger partial charge is 0.253 e. The molecule has 4 rings (SSSR count). The Morgan fingerprint density at radius 2 is 1.83 bits per heavy atom. The molecule has 2 aromatic rings. The van der Waals surface area contributed by atoms with Crippen molar-refractivity contribution in [3.05, 3.63) is 61.0 Å². The number of rotatable bonds is 7. The summed E-state index contributed by atoms with van der Waals surface area (Å²) in [6.45, 7) is 5.21. The fraction of sp³-hybridized carbons (Fsp3) is 0.481. The molecule has 2 fully saturated rings. The van der Waals surface area contributed by atoms with E-state index in [9.17, 15) is 14.4 Å². The van der Waals surface area contributed by atoms with Crippen molar-refractivity contribution in [1.82, 2.24) is 15.2 Å². The lowest BCUT2D eigenvalue weighted by Crippen LogP contribution is -2.44. The Balaban J connectivity index is 1.43. The van der Waals surface area contributed by atoms with Crippen LogP contribution in [0.25, 0.3) is 0 Å². The van der Waals surface area contributed by atoms with Gasteiger partial charge in [-0.05, 0) is 63.3 Å². The molecular weight excluding hydrogens is 522 g/mol. The summed E-state index contributed by atoms with van der Waals surface area (Å²) in [5.74, 6) is 0.147. The first-order valence-corrected chi connectivity index (χ1v) is 13.4. The number of nitrogens with zero attached hydrogens (tertiary/aromatic N) is 1. The van der Waals surface area contributed by atoms with E-state index in [1.165, 1.54) is 6.21 Å². The molecule has 192 valence electrons. The van der Waals surface area contributed by atoms with Crippen LogP contribution in [-0.4, -0.2) is 47.0 Å². The summed E-state index contributed by atoms with van der Waals surface area (Å²) in [4.78, 5) is 43.0. The van der Waals surface area contributed by atoms with E-state index in [1.54, 1.807) is 6.07 Å². The lowest BCUT2D eigenvalue weighted by atomic mass is 9.99. The first-order chi connectivity index (χ1) is 17.3. The van der Waals surface area contributed by atoms with Gasteiger partial charge in [0.2, 0.25) is 5.91 Å². The summed E-state index contributed by atoms with van der Waals surface area (Å²) >= 11 is 3.50. The van der Waals surface area contributed by atoms with Gasteiger partial charge in [0, 0.05) is 64.8 Å². The summed E-state index contributed by atoms with van der Waals surface area (Å²) in [6.07, 6.45) is 7.16. The minimum absolute atomic E-state index is 0.0977. The number of carbonyl (C=O) groups is 2. The van der Waals surface area contributed by atoms with Gasteiger partial charge in [0.15, 0.2) is 0 Å². The van der Waals surface area contributed by atoms with Crippen molar-refractivity contribution in [2.75, 3.05) is 18.4 Å². The Bertz CT molecular complexity index is 1210. The van der Waals surface area contributed by atoms with Gasteiger partial charge in [-0.3, -0.25) is 14.4 Å². The highest BCUT2D eigenvalue weighted by Crippen LogP contribution is 2.30. The molecule has 2 aliphatic rings. The van der Waals surface area contributed by atoms with Crippen molar-refractivity contribution in [2.24, 2.45) is 5.92 Å². The first kappa shape index (κ1) is 26.1. The zero-order chi connectivity index (χ0) is 25.8. The van der Waals surface area contributed by atoms with Crippen molar-refractivity contribution in [2.45, 2.75) is 65.0 Å². The minimum Gasteiger partial charge on any atom is -0.382 e. The average Bonchev–Trinajstić information content (AvgIpc) is 3.38. The van der Waals surface area contributed by atoms with E-state index in [-0.39, 0.29) is 30.0 Å². The maximum atomic E-state index is 13.1. The van der Waals surface area contributed by atoms with Crippen molar-refractivity contribution < 1.29 is 9.59 Å². The lowest BCUT2D eigenvalue weighted by molar-refractivity contribution is -0.136. The van der Waals surface area contributed by atoms with Gasteiger partial charge in [-0.25, -0.2) is 0 Å². The molecule has 36 heavy (non-hydrogen) atoms. The van der Waals surface area contributed by atoms with E-state index in [0.717, 1.165) is 67.3 Å². The summed E-state index contributed by atoms with van der Waals surface area (Å²) in [5.41, 5.74) is 3.45. The predicted molar refractivity (Wildman–Crippen MR) is 145 cm³/mol. The van der Waals surface area contributed by atoms with Crippen LogP contribution in [0.1, 0.15) is 71.3 Å². The predicted octanol–water partition coefficient (Wildman–Crippen LogP) is 4.28. The third-order valence-corrected chi connectivity index (χ3v) is 7.78. The Labute approximate surface area is 219 Å². The summed E-state index contributed by atoms with van der Waals surface area (Å²) in [7, 11) is 0. The van der Waals surface area contributed by atoms with E-state index in [1.807, 2.05) is 30.9 Å². The van der Waals surface area contributed by atoms with Gasteiger partial charge in [0.05, 0.1) is 5.56 Å². The molecule has 2 heterocycles. The zero-order valence-electron chi connectivity index (χ0n) is 20.9. The van der Waals surface area contributed by atoms with E-state index >= 15 is 0 Å². The van der Waals surface area contributed by atoms with E-state index in [4.69, 9.17) is 5.41 Å². The summed E-state index contributed by atoms with van der Waals surface area (Å²) in [5, 5.41) is 14.4. The van der Waals surface area contributed by atoms with Crippen LogP contribution < -0.4 is 16.2 Å². The van der Waals surface area contributed by atoms with Gasteiger partial charge in [0.1, 0.15) is 0 Å². The quantitative estimate of drug-likeness (QED) is 0.381. The molecule has 9 heteroatoms. The standard InChI is InChI=1S/C27H34BrN5O3/c1-16-11-17(2)31-26(35)23(16)15-30-25(34)21-12-19(28)13-24(22(21)14-29)32-20-7-9-33(10-8-20)27(36)18-5-3-4-6-18/h11-14,18,20,29,32H,3-10,15H2,1-2H3,(H,30,34)(H,31,35). The number of aryl methyl sites for hydroxylation is 2. The topological polar surface area (TPSA) is 118 Å². The molecule has 1 aliphatic heterocycles. The second-order valence-electron chi connectivity index (χ2n) is 9.91. The van der Waals surface area contributed by atoms with Gasteiger partial charge < -0.3 is 25.9 Å². The number of amides is 2. The third kappa shape index (κ3) is 5.88. The summed E-state index contributed by atoms with van der Waals surface area (Å²) in [6, 6.07) is 5.59. The van der Waals surface area contributed by atoms with Crippen molar-refractivity contribution >= 4 is 39.6 Å². The van der Waals surface area contributed by atoms with E-state index in [2.05, 4.69) is 31.5 Å².